The van der Waals surface area contributed by atoms with Crippen molar-refractivity contribution in [3.05, 3.63) is 208 Å². The lowest BCUT2D eigenvalue weighted by atomic mass is 9.85. The lowest BCUT2D eigenvalue weighted by Gasteiger charge is -2.50. The molecule has 0 saturated carbocycles. The second-order valence-electron chi connectivity index (χ2n) is 14.6. The maximum absolute atomic E-state index is 13.3. The molecule has 0 aliphatic carbocycles. The number of thioether (sulfide) groups is 1. The van der Waals surface area contributed by atoms with Crippen molar-refractivity contribution >= 4 is 11.8 Å². The van der Waals surface area contributed by atoms with E-state index in [9.17, 15) is 5.11 Å². The standard InChI is InChI=1S/C50H52O6S/c1-37-23-26-44(32-43(37)31-38-24-27-45(57-2)28-25-38)50(51)49(55-36-42-21-13-6-14-22-42)48(54-35-41-19-11-5-12-20-41)47(53-34-40-17-9-4-10-18-40)46(56-50)29-30-52-33-39-15-7-3-8-16-39/h3-28,32,46-49,51H,29-31,33-36H2,1-2H3/t46-,47-,48+,49-,50?/m1/s1. The molecule has 0 bridgehead atoms. The monoisotopic (exact) mass is 780 g/mol. The van der Waals surface area contributed by atoms with Gasteiger partial charge in [-0.05, 0) is 83.2 Å². The van der Waals surface area contributed by atoms with Crippen molar-refractivity contribution < 1.29 is 28.8 Å². The summed E-state index contributed by atoms with van der Waals surface area (Å²) in [6, 6.07) is 55.0. The molecule has 6 aromatic rings. The molecule has 1 heterocycles. The van der Waals surface area contributed by atoms with Crippen LogP contribution in [0.2, 0.25) is 0 Å². The van der Waals surface area contributed by atoms with Gasteiger partial charge in [0.15, 0.2) is 0 Å². The molecule has 1 unspecified atom stereocenters. The smallest absolute Gasteiger partial charge is 0.222 e. The fourth-order valence-electron chi connectivity index (χ4n) is 7.32. The van der Waals surface area contributed by atoms with Crippen molar-refractivity contribution in [3.63, 3.8) is 0 Å². The van der Waals surface area contributed by atoms with Gasteiger partial charge < -0.3 is 28.8 Å². The van der Waals surface area contributed by atoms with Crippen LogP contribution < -0.4 is 0 Å². The van der Waals surface area contributed by atoms with Crippen LogP contribution >= 0.6 is 11.8 Å². The van der Waals surface area contributed by atoms with E-state index in [1.54, 1.807) is 11.8 Å². The van der Waals surface area contributed by atoms with Crippen molar-refractivity contribution in [1.82, 2.24) is 0 Å². The van der Waals surface area contributed by atoms with E-state index in [0.717, 1.165) is 33.4 Å². The molecule has 6 aromatic carbocycles. The number of aryl methyl sites for hydroxylation is 1. The molecule has 6 nitrogen and oxygen atoms in total. The first kappa shape index (κ1) is 40.6. The summed E-state index contributed by atoms with van der Waals surface area (Å²) in [5.74, 6) is -1.90. The molecule has 7 heteroatoms. The van der Waals surface area contributed by atoms with E-state index in [1.807, 2.05) is 115 Å². The molecule has 0 aromatic heterocycles. The third-order valence-corrected chi connectivity index (χ3v) is 11.3. The maximum atomic E-state index is 13.3. The molecule has 1 aliphatic rings. The van der Waals surface area contributed by atoms with Crippen LogP contribution in [0, 0.1) is 6.92 Å². The summed E-state index contributed by atoms with van der Waals surface area (Å²) < 4.78 is 33.9. The van der Waals surface area contributed by atoms with Gasteiger partial charge in [0.05, 0.1) is 32.5 Å². The summed E-state index contributed by atoms with van der Waals surface area (Å²) in [6.45, 7) is 3.81. The van der Waals surface area contributed by atoms with Crippen LogP contribution in [-0.2, 0) is 62.3 Å². The molecule has 1 saturated heterocycles. The van der Waals surface area contributed by atoms with Crippen molar-refractivity contribution in [1.29, 1.82) is 0 Å². The van der Waals surface area contributed by atoms with Crippen molar-refractivity contribution in [2.45, 2.75) is 81.3 Å². The van der Waals surface area contributed by atoms with Crippen molar-refractivity contribution in [2.24, 2.45) is 0 Å². The largest absolute Gasteiger partial charge is 0.377 e. The average Bonchev–Trinajstić information content (AvgIpc) is 3.26. The van der Waals surface area contributed by atoms with E-state index in [0.29, 0.717) is 44.8 Å². The summed E-state index contributed by atoms with van der Waals surface area (Å²) in [7, 11) is 0. The van der Waals surface area contributed by atoms with Crippen LogP contribution in [0.3, 0.4) is 0 Å². The molecule has 1 fully saturated rings. The number of ether oxygens (including phenoxy) is 5. The van der Waals surface area contributed by atoms with E-state index in [1.165, 1.54) is 10.5 Å². The molecule has 0 spiro atoms. The Labute approximate surface area is 341 Å². The third kappa shape index (κ3) is 10.9. The number of rotatable bonds is 18. The van der Waals surface area contributed by atoms with E-state index in [4.69, 9.17) is 23.7 Å². The van der Waals surface area contributed by atoms with Gasteiger partial charge in [0.1, 0.15) is 18.3 Å². The van der Waals surface area contributed by atoms with Gasteiger partial charge in [0.2, 0.25) is 5.79 Å². The second-order valence-corrected chi connectivity index (χ2v) is 15.5. The van der Waals surface area contributed by atoms with Gasteiger partial charge in [-0.2, -0.15) is 0 Å². The number of hydrogen-bond acceptors (Lipinski definition) is 7. The van der Waals surface area contributed by atoms with Crippen LogP contribution in [0.5, 0.6) is 0 Å². The Morgan fingerprint density at radius 2 is 1.09 bits per heavy atom. The van der Waals surface area contributed by atoms with E-state index in [-0.39, 0.29) is 6.61 Å². The normalized spacial score (nSPS) is 20.7. The van der Waals surface area contributed by atoms with Crippen LogP contribution in [0.25, 0.3) is 0 Å². The highest BCUT2D eigenvalue weighted by atomic mass is 32.2. The Morgan fingerprint density at radius 3 is 1.63 bits per heavy atom. The van der Waals surface area contributed by atoms with Gasteiger partial charge in [-0.3, -0.25) is 0 Å². The first-order chi connectivity index (χ1) is 28.0. The van der Waals surface area contributed by atoms with Gasteiger partial charge in [-0.1, -0.05) is 146 Å². The Hall–Kier alpha value is -4.57. The highest BCUT2D eigenvalue weighted by molar-refractivity contribution is 7.98. The average molecular weight is 781 g/mol. The zero-order chi connectivity index (χ0) is 39.3. The van der Waals surface area contributed by atoms with Crippen molar-refractivity contribution in [3.8, 4) is 0 Å². The van der Waals surface area contributed by atoms with Gasteiger partial charge in [-0.25, -0.2) is 0 Å². The summed E-state index contributed by atoms with van der Waals surface area (Å²) in [5.41, 5.74) is 8.09. The lowest BCUT2D eigenvalue weighted by Crippen LogP contribution is -2.65. The predicted molar refractivity (Wildman–Crippen MR) is 227 cm³/mol. The first-order valence-electron chi connectivity index (χ1n) is 19.7. The molecular formula is C50H52O6S. The van der Waals surface area contributed by atoms with Crippen LogP contribution in [-0.4, -0.2) is 42.4 Å². The topological polar surface area (TPSA) is 66.4 Å². The number of hydrogen-bond donors (Lipinski definition) is 1. The zero-order valence-corrected chi connectivity index (χ0v) is 33.6. The van der Waals surface area contributed by atoms with Crippen LogP contribution in [0.4, 0.5) is 0 Å². The highest BCUT2D eigenvalue weighted by Crippen LogP contribution is 2.43. The van der Waals surface area contributed by atoms with Gasteiger partial charge in [-0.15, -0.1) is 11.8 Å². The summed E-state index contributed by atoms with van der Waals surface area (Å²) >= 11 is 1.73. The molecule has 294 valence electrons. The Kier molecular flexibility index (Phi) is 14.4. The van der Waals surface area contributed by atoms with E-state index < -0.39 is 30.2 Å². The van der Waals surface area contributed by atoms with E-state index in [2.05, 4.69) is 61.7 Å². The maximum Gasteiger partial charge on any atom is 0.222 e. The molecule has 0 radical (unpaired) electrons. The zero-order valence-electron chi connectivity index (χ0n) is 32.7. The Morgan fingerprint density at radius 1 is 0.579 bits per heavy atom. The van der Waals surface area contributed by atoms with E-state index >= 15 is 0 Å². The predicted octanol–water partition coefficient (Wildman–Crippen LogP) is 10.2. The molecule has 7 rings (SSSR count). The fraction of sp³-hybridized carbons (Fsp3) is 0.280. The Bertz CT molecular complexity index is 2080. The quantitative estimate of drug-likeness (QED) is 0.0688. The second kappa shape index (κ2) is 20.2. The third-order valence-electron chi connectivity index (χ3n) is 10.5. The van der Waals surface area contributed by atoms with Crippen molar-refractivity contribution in [2.75, 3.05) is 12.9 Å². The first-order valence-corrected chi connectivity index (χ1v) is 20.9. The van der Waals surface area contributed by atoms with Gasteiger partial charge in [0.25, 0.3) is 0 Å². The highest BCUT2D eigenvalue weighted by Gasteiger charge is 2.57. The minimum atomic E-state index is -1.90. The molecule has 57 heavy (non-hydrogen) atoms. The molecule has 1 N–H and O–H groups in total. The SMILES string of the molecule is CSc1ccc(Cc2cc(C3(O)O[C@H](CCOCc4ccccc4)[C@@H](OCc4ccccc4)[C@H](OCc4ccccc4)[C@H]3OCc3ccccc3)ccc2C)cc1. The molecular weight excluding hydrogens is 729 g/mol. The Balaban J connectivity index is 1.27. The summed E-state index contributed by atoms with van der Waals surface area (Å²) in [5, 5.41) is 13.3. The lowest BCUT2D eigenvalue weighted by molar-refractivity contribution is -0.376. The summed E-state index contributed by atoms with van der Waals surface area (Å²) in [4.78, 5) is 1.22. The molecule has 0 amide bonds. The molecule has 1 aliphatic heterocycles. The minimum Gasteiger partial charge on any atom is -0.377 e. The molecule has 5 atom stereocenters. The van der Waals surface area contributed by atoms with Crippen LogP contribution in [0.1, 0.15) is 50.9 Å². The minimum absolute atomic E-state index is 0.235. The number of benzene rings is 6. The van der Waals surface area contributed by atoms with Gasteiger partial charge in [0, 0.05) is 17.1 Å². The van der Waals surface area contributed by atoms with Crippen LogP contribution in [0.15, 0.2) is 169 Å². The summed E-state index contributed by atoms with van der Waals surface area (Å²) in [6.07, 6.45) is 0.296. The van der Waals surface area contributed by atoms with Gasteiger partial charge >= 0.3 is 0 Å². The number of aliphatic hydroxyl groups is 1. The fourth-order valence-corrected chi connectivity index (χ4v) is 7.73.